The van der Waals surface area contributed by atoms with E-state index in [1.165, 1.54) is 5.06 Å². The quantitative estimate of drug-likeness (QED) is 0.499. The molecule has 0 saturated carbocycles. The molecular formula is C5H9NOS. The first-order valence-electron chi connectivity index (χ1n) is 2.80. The van der Waals surface area contributed by atoms with Gasteiger partial charge in [0, 0.05) is 13.0 Å². The summed E-state index contributed by atoms with van der Waals surface area (Å²) in [6, 6.07) is 0. The topological polar surface area (TPSA) is 23.5 Å². The van der Waals surface area contributed by atoms with E-state index >= 15 is 0 Å². The van der Waals surface area contributed by atoms with Gasteiger partial charge in [-0.2, -0.15) is 0 Å². The first-order chi connectivity index (χ1) is 3.80. The average molecular weight is 131 g/mol. The van der Waals surface area contributed by atoms with Crippen molar-refractivity contribution in [1.82, 2.24) is 5.06 Å². The van der Waals surface area contributed by atoms with Gasteiger partial charge in [-0.3, -0.25) is 10.3 Å². The molecule has 8 heavy (non-hydrogen) atoms. The van der Waals surface area contributed by atoms with Crippen molar-refractivity contribution in [3.8, 4) is 0 Å². The fourth-order valence-electron chi connectivity index (χ4n) is 0.792. The van der Waals surface area contributed by atoms with Crippen molar-refractivity contribution < 1.29 is 5.21 Å². The summed E-state index contributed by atoms with van der Waals surface area (Å²) in [6.45, 7) is 0.721. The van der Waals surface area contributed by atoms with Crippen molar-refractivity contribution in [3.63, 3.8) is 0 Å². The highest BCUT2D eigenvalue weighted by atomic mass is 32.1. The predicted molar refractivity (Wildman–Crippen MR) is 34.9 cm³/mol. The summed E-state index contributed by atoms with van der Waals surface area (Å²) in [6.07, 6.45) is 3.08. The monoisotopic (exact) mass is 131 g/mol. The van der Waals surface area contributed by atoms with Crippen LogP contribution in [0.1, 0.15) is 19.3 Å². The Kier molecular flexibility index (Phi) is 1.81. The molecule has 1 heterocycles. The number of thiocarbonyl (C=S) groups is 1. The lowest BCUT2D eigenvalue weighted by molar-refractivity contribution is -0.0213. The highest BCUT2D eigenvalue weighted by Gasteiger charge is 2.10. The van der Waals surface area contributed by atoms with Gasteiger partial charge in [-0.05, 0) is 12.8 Å². The van der Waals surface area contributed by atoms with Crippen molar-refractivity contribution in [2.45, 2.75) is 19.3 Å². The molecule has 0 aromatic heterocycles. The second-order valence-electron chi connectivity index (χ2n) is 1.97. The summed E-state index contributed by atoms with van der Waals surface area (Å²) in [4.78, 5) is 0.691. The minimum absolute atomic E-state index is 0.691. The molecule has 0 spiro atoms. The molecule has 1 N–H and O–H groups in total. The molecule has 0 bridgehead atoms. The minimum atomic E-state index is 0.691. The maximum Gasteiger partial charge on any atom is 0.103 e. The fraction of sp³-hybridized carbons (Fsp3) is 0.800. The second kappa shape index (κ2) is 2.42. The summed E-state index contributed by atoms with van der Waals surface area (Å²) in [7, 11) is 0. The van der Waals surface area contributed by atoms with Gasteiger partial charge >= 0.3 is 0 Å². The van der Waals surface area contributed by atoms with E-state index in [4.69, 9.17) is 17.4 Å². The van der Waals surface area contributed by atoms with Crippen LogP contribution in [0.15, 0.2) is 0 Å². The summed E-state index contributed by atoms with van der Waals surface area (Å²) in [5.74, 6) is 0. The van der Waals surface area contributed by atoms with Crippen LogP contribution in [-0.4, -0.2) is 21.8 Å². The second-order valence-corrected chi connectivity index (χ2v) is 2.45. The summed E-state index contributed by atoms with van der Waals surface area (Å²) in [5, 5.41) is 10.0. The molecule has 1 aliphatic heterocycles. The van der Waals surface area contributed by atoms with Crippen LogP contribution in [0.5, 0.6) is 0 Å². The predicted octanol–water partition coefficient (Wildman–Crippen LogP) is 1.19. The van der Waals surface area contributed by atoms with Crippen LogP contribution in [0.25, 0.3) is 0 Å². The zero-order chi connectivity index (χ0) is 5.98. The van der Waals surface area contributed by atoms with Gasteiger partial charge in [0.15, 0.2) is 0 Å². The van der Waals surface area contributed by atoms with Gasteiger partial charge in [0.1, 0.15) is 4.99 Å². The smallest absolute Gasteiger partial charge is 0.103 e. The van der Waals surface area contributed by atoms with E-state index in [2.05, 4.69) is 0 Å². The molecule has 0 aromatic carbocycles. The van der Waals surface area contributed by atoms with E-state index in [1.807, 2.05) is 0 Å². The number of hydrogen-bond donors (Lipinski definition) is 1. The molecule has 1 saturated heterocycles. The first kappa shape index (κ1) is 5.98. The fourth-order valence-corrected chi connectivity index (χ4v) is 1.03. The van der Waals surface area contributed by atoms with Crippen molar-refractivity contribution >= 4 is 17.2 Å². The van der Waals surface area contributed by atoms with E-state index < -0.39 is 0 Å². The van der Waals surface area contributed by atoms with Crippen LogP contribution >= 0.6 is 12.2 Å². The van der Waals surface area contributed by atoms with Gasteiger partial charge < -0.3 is 0 Å². The van der Waals surface area contributed by atoms with Crippen molar-refractivity contribution in [2.75, 3.05) is 6.54 Å². The summed E-state index contributed by atoms with van der Waals surface area (Å²) >= 11 is 4.80. The number of hydroxylamine groups is 2. The molecule has 3 heteroatoms. The Labute approximate surface area is 54.1 Å². The third-order valence-corrected chi connectivity index (χ3v) is 1.71. The molecule has 1 rings (SSSR count). The maximum absolute atomic E-state index is 8.87. The van der Waals surface area contributed by atoms with Gasteiger partial charge in [-0.25, -0.2) is 0 Å². The minimum Gasteiger partial charge on any atom is -0.288 e. The highest BCUT2D eigenvalue weighted by molar-refractivity contribution is 7.80. The van der Waals surface area contributed by atoms with Gasteiger partial charge in [-0.15, -0.1) is 0 Å². The van der Waals surface area contributed by atoms with Gasteiger partial charge in [0.2, 0.25) is 0 Å². The Morgan fingerprint density at radius 3 is 2.62 bits per heavy atom. The summed E-state index contributed by atoms with van der Waals surface area (Å²) < 4.78 is 0. The molecule has 0 radical (unpaired) electrons. The number of nitrogens with zero attached hydrogens (tertiary/aromatic N) is 1. The molecule has 1 aliphatic rings. The van der Waals surface area contributed by atoms with E-state index in [1.54, 1.807) is 0 Å². The third-order valence-electron chi connectivity index (χ3n) is 1.30. The van der Waals surface area contributed by atoms with E-state index in [0.29, 0.717) is 4.99 Å². The number of piperidine rings is 1. The lowest BCUT2D eigenvalue weighted by Gasteiger charge is -2.21. The Hall–Kier alpha value is -0.150. The lowest BCUT2D eigenvalue weighted by atomic mass is 10.2. The van der Waals surface area contributed by atoms with Crippen LogP contribution in [0.4, 0.5) is 0 Å². The van der Waals surface area contributed by atoms with E-state index in [-0.39, 0.29) is 0 Å². The molecule has 46 valence electrons. The lowest BCUT2D eigenvalue weighted by Crippen LogP contribution is -2.30. The van der Waals surface area contributed by atoms with Gasteiger partial charge in [-0.1, -0.05) is 12.2 Å². The SMILES string of the molecule is ON1CCCCC1=S. The molecule has 1 fully saturated rings. The molecule has 0 atom stereocenters. The third kappa shape index (κ3) is 1.17. The molecule has 0 aromatic rings. The first-order valence-corrected chi connectivity index (χ1v) is 3.21. The molecule has 2 nitrogen and oxygen atoms in total. The Balaban J connectivity index is 2.39. The van der Waals surface area contributed by atoms with Crippen LogP contribution in [0.2, 0.25) is 0 Å². The van der Waals surface area contributed by atoms with Crippen molar-refractivity contribution in [2.24, 2.45) is 0 Å². The Bertz CT molecular complexity index is 105. The Morgan fingerprint density at radius 2 is 2.25 bits per heavy atom. The van der Waals surface area contributed by atoms with Crippen LogP contribution in [0, 0.1) is 0 Å². The molecule has 0 unspecified atom stereocenters. The van der Waals surface area contributed by atoms with Crippen LogP contribution < -0.4 is 0 Å². The van der Waals surface area contributed by atoms with Crippen molar-refractivity contribution in [3.05, 3.63) is 0 Å². The highest BCUT2D eigenvalue weighted by Crippen LogP contribution is 2.08. The van der Waals surface area contributed by atoms with Crippen LogP contribution in [-0.2, 0) is 0 Å². The largest absolute Gasteiger partial charge is 0.288 e. The standard InChI is InChI=1S/C5H9NOS/c7-6-4-2-1-3-5(6)8/h7H,1-4H2. The zero-order valence-electron chi connectivity index (χ0n) is 4.63. The summed E-state index contributed by atoms with van der Waals surface area (Å²) in [5.41, 5.74) is 0. The maximum atomic E-state index is 8.87. The Morgan fingerprint density at radius 1 is 1.50 bits per heavy atom. The van der Waals surface area contributed by atoms with Crippen molar-refractivity contribution in [1.29, 1.82) is 0 Å². The zero-order valence-corrected chi connectivity index (χ0v) is 5.45. The normalized spacial score (nSPS) is 21.6. The molecule has 0 amide bonds. The molecule has 0 aliphatic carbocycles. The van der Waals surface area contributed by atoms with E-state index in [9.17, 15) is 0 Å². The number of rotatable bonds is 0. The van der Waals surface area contributed by atoms with Gasteiger partial charge in [0.05, 0.1) is 0 Å². The average Bonchev–Trinajstić information content (AvgIpc) is 1.77. The van der Waals surface area contributed by atoms with Gasteiger partial charge in [0.25, 0.3) is 0 Å². The van der Waals surface area contributed by atoms with Crippen LogP contribution in [0.3, 0.4) is 0 Å². The number of hydrogen-bond acceptors (Lipinski definition) is 2. The van der Waals surface area contributed by atoms with E-state index in [0.717, 1.165) is 25.8 Å². The molecular weight excluding hydrogens is 122 g/mol.